The molecule has 6 nitrogen and oxygen atoms in total. The van der Waals surface area contributed by atoms with Crippen LogP contribution in [0.1, 0.15) is 80.3 Å². The van der Waals surface area contributed by atoms with Crippen LogP contribution >= 0.6 is 22.7 Å². The Morgan fingerprint density at radius 2 is 1.77 bits per heavy atom. The number of allylic oxidation sites excluding steroid dienone is 4. The molecule has 2 N–H and O–H groups in total. The van der Waals surface area contributed by atoms with Crippen LogP contribution in [0.15, 0.2) is 71.6 Å². The predicted octanol–water partition coefficient (Wildman–Crippen LogP) is 8.44. The monoisotopic (exact) mass is 685 g/mol. The van der Waals surface area contributed by atoms with E-state index in [4.69, 9.17) is 4.74 Å². The SMILES string of the molecule is CCOC(=O)N(CCc1cccs1)CC1(O)CCC2C34C=CC5(C=C3C(=O)c3cc6ccccc6s3)CC(O)CCC5(C)C4CCC21C. The lowest BCUT2D eigenvalue weighted by atomic mass is 9.32. The fraction of sp³-hybridized carbons (Fsp3) is 0.550. The highest BCUT2D eigenvalue weighted by Crippen LogP contribution is 2.78. The maximum Gasteiger partial charge on any atom is 0.409 e. The molecule has 0 saturated heterocycles. The van der Waals surface area contributed by atoms with Crippen molar-refractivity contribution in [2.75, 3.05) is 19.7 Å². The lowest BCUT2D eigenvalue weighted by Crippen LogP contribution is -2.67. The Bertz CT molecular complexity index is 1780. The van der Waals surface area contributed by atoms with Gasteiger partial charge in [-0.15, -0.1) is 22.7 Å². The molecule has 0 radical (unpaired) electrons. The van der Waals surface area contributed by atoms with Crippen LogP contribution in [0.4, 0.5) is 4.79 Å². The molecule has 1 amide bonds. The summed E-state index contributed by atoms with van der Waals surface area (Å²) in [7, 11) is 0. The number of amides is 1. The first-order chi connectivity index (χ1) is 23.0. The Balaban J connectivity index is 1.20. The Morgan fingerprint density at radius 1 is 1.00 bits per heavy atom. The molecule has 8 atom stereocenters. The third-order valence-corrected chi connectivity index (χ3v) is 15.8. The first kappa shape index (κ1) is 32.4. The van der Waals surface area contributed by atoms with E-state index < -0.39 is 22.5 Å². The number of carbonyl (C=O) groups is 2. The van der Waals surface area contributed by atoms with Gasteiger partial charge in [-0.25, -0.2) is 4.79 Å². The quantitative estimate of drug-likeness (QED) is 0.184. The predicted molar refractivity (Wildman–Crippen MR) is 191 cm³/mol. The first-order valence-electron chi connectivity index (χ1n) is 17.8. The maximum atomic E-state index is 15.0. The van der Waals surface area contributed by atoms with Crippen molar-refractivity contribution < 1.29 is 24.5 Å². The van der Waals surface area contributed by atoms with Gasteiger partial charge >= 0.3 is 6.09 Å². The summed E-state index contributed by atoms with van der Waals surface area (Å²) < 4.78 is 6.63. The molecule has 8 unspecified atom stereocenters. The summed E-state index contributed by atoms with van der Waals surface area (Å²) in [5, 5.41) is 27.0. The van der Waals surface area contributed by atoms with E-state index in [0.29, 0.717) is 25.8 Å². The smallest absolute Gasteiger partial charge is 0.409 e. The van der Waals surface area contributed by atoms with Gasteiger partial charge in [-0.3, -0.25) is 4.79 Å². The number of thiophene rings is 2. The minimum atomic E-state index is -1.13. The molecular weight excluding hydrogens is 639 g/mol. The summed E-state index contributed by atoms with van der Waals surface area (Å²) in [4.78, 5) is 32.0. The molecule has 254 valence electrons. The van der Waals surface area contributed by atoms with Crippen molar-refractivity contribution in [3.8, 4) is 0 Å². The number of hydrogen-bond acceptors (Lipinski definition) is 7. The second-order valence-electron chi connectivity index (χ2n) is 15.7. The number of carbonyl (C=O) groups excluding carboxylic acids is 2. The zero-order valence-electron chi connectivity index (χ0n) is 28.2. The molecule has 3 aromatic rings. The zero-order valence-corrected chi connectivity index (χ0v) is 29.9. The highest BCUT2D eigenvalue weighted by Gasteiger charge is 2.74. The van der Waals surface area contributed by atoms with Crippen molar-refractivity contribution >= 4 is 44.6 Å². The molecule has 2 aromatic heterocycles. The lowest BCUT2D eigenvalue weighted by molar-refractivity contribution is -0.175. The van der Waals surface area contributed by atoms with Crippen LogP contribution in [0, 0.1) is 33.5 Å². The van der Waals surface area contributed by atoms with Gasteiger partial charge in [0.2, 0.25) is 0 Å². The summed E-state index contributed by atoms with van der Waals surface area (Å²) in [6.45, 7) is 7.44. The van der Waals surface area contributed by atoms with Gasteiger partial charge in [0.05, 0.1) is 29.7 Å². The summed E-state index contributed by atoms with van der Waals surface area (Å²) in [6, 6.07) is 14.3. The van der Waals surface area contributed by atoms with Crippen molar-refractivity contribution in [2.24, 2.45) is 33.5 Å². The molecular formula is C40H47NO5S2. The Morgan fingerprint density at radius 3 is 2.54 bits per heavy atom. The van der Waals surface area contributed by atoms with E-state index in [0.717, 1.165) is 52.6 Å². The molecule has 1 aromatic carbocycles. The lowest BCUT2D eigenvalue weighted by Gasteiger charge is -2.71. The third-order valence-electron chi connectivity index (χ3n) is 13.8. The van der Waals surface area contributed by atoms with Gasteiger partial charge in [-0.1, -0.05) is 56.3 Å². The minimum Gasteiger partial charge on any atom is -0.450 e. The number of aliphatic hydroxyl groups excluding tert-OH is 1. The van der Waals surface area contributed by atoms with E-state index in [2.05, 4.69) is 50.3 Å². The number of hydrogen-bond donors (Lipinski definition) is 2. The summed E-state index contributed by atoms with van der Waals surface area (Å²) >= 11 is 3.24. The molecule has 8 heteroatoms. The van der Waals surface area contributed by atoms with Crippen LogP contribution in [-0.4, -0.2) is 58.4 Å². The molecule has 48 heavy (non-hydrogen) atoms. The average Bonchev–Trinajstić information content (AvgIpc) is 3.81. The molecule has 9 rings (SSSR count). The van der Waals surface area contributed by atoms with Crippen LogP contribution in [-0.2, 0) is 11.2 Å². The fourth-order valence-corrected chi connectivity index (χ4v) is 13.0. The molecule has 2 bridgehead atoms. The normalized spacial score (nSPS) is 37.9. The van der Waals surface area contributed by atoms with Crippen molar-refractivity contribution in [3.05, 3.63) is 81.4 Å². The Labute approximate surface area is 291 Å². The minimum absolute atomic E-state index is 0.0258. The number of nitrogens with zero attached hydrogens (tertiary/aromatic N) is 1. The van der Waals surface area contributed by atoms with Crippen molar-refractivity contribution in [3.63, 3.8) is 0 Å². The highest BCUT2D eigenvalue weighted by atomic mass is 32.1. The van der Waals surface area contributed by atoms with Gasteiger partial charge in [0.1, 0.15) is 0 Å². The summed E-state index contributed by atoms with van der Waals surface area (Å²) in [6.07, 6.45) is 12.3. The number of fused-ring (bicyclic) bond motifs is 2. The van der Waals surface area contributed by atoms with Gasteiger partial charge < -0.3 is 19.8 Å². The number of ether oxygens (including phenoxy) is 1. The number of ketones is 1. The van der Waals surface area contributed by atoms with Crippen molar-refractivity contribution in [1.82, 2.24) is 4.90 Å². The number of aliphatic hydroxyl groups is 2. The van der Waals surface area contributed by atoms with E-state index in [-0.39, 0.29) is 47.7 Å². The summed E-state index contributed by atoms with van der Waals surface area (Å²) in [5.41, 5.74) is -1.78. The third kappa shape index (κ3) is 4.47. The number of Topliss-reactive ketones (excluding diaryl/α,β-unsaturated/α-hetero) is 1. The Hall–Kier alpha value is -2.78. The van der Waals surface area contributed by atoms with Crippen LogP contribution in [0.25, 0.3) is 10.1 Å². The molecule has 3 fully saturated rings. The van der Waals surface area contributed by atoms with Gasteiger partial charge in [0.25, 0.3) is 0 Å². The highest BCUT2D eigenvalue weighted by molar-refractivity contribution is 7.21. The standard InChI is InChI=1S/C40H47NO5S2/c1-4-46-35(44)41(20-14-28-9-7-21-47-28)25-39(45)17-13-33-37(39,3)16-12-32-36(2)15-11-27(42)23-38(36)18-19-40(32,33)29(24-38)34(43)31-22-26-8-5-6-10-30(26)48-31/h5-10,18-19,21-22,24,27,32-33,42,45H,4,11-17,20,23,25H2,1-3H3. The molecule has 6 aliphatic carbocycles. The van der Waals surface area contributed by atoms with Gasteiger partial charge in [0.15, 0.2) is 5.78 Å². The first-order valence-corrected chi connectivity index (χ1v) is 19.5. The van der Waals surface area contributed by atoms with Gasteiger partial charge in [-0.05, 0) is 105 Å². The Kier molecular flexibility index (Phi) is 7.68. The van der Waals surface area contributed by atoms with Crippen LogP contribution in [0.2, 0.25) is 0 Å². The molecule has 6 aliphatic rings. The summed E-state index contributed by atoms with van der Waals surface area (Å²) in [5.74, 6) is 0.343. The number of benzene rings is 1. The van der Waals surface area contributed by atoms with Crippen molar-refractivity contribution in [1.29, 1.82) is 0 Å². The van der Waals surface area contributed by atoms with Crippen molar-refractivity contribution in [2.45, 2.75) is 83.8 Å². The van der Waals surface area contributed by atoms with E-state index in [1.54, 1.807) is 27.6 Å². The van der Waals surface area contributed by atoms with E-state index in [9.17, 15) is 19.8 Å². The van der Waals surface area contributed by atoms with E-state index >= 15 is 0 Å². The molecule has 2 spiro atoms. The van der Waals surface area contributed by atoms with Crippen LogP contribution in [0.3, 0.4) is 0 Å². The van der Waals surface area contributed by atoms with Crippen LogP contribution < -0.4 is 0 Å². The van der Waals surface area contributed by atoms with Gasteiger partial charge in [-0.2, -0.15) is 0 Å². The van der Waals surface area contributed by atoms with E-state index in [1.165, 1.54) is 4.88 Å². The molecule has 3 saturated carbocycles. The number of rotatable bonds is 8. The largest absolute Gasteiger partial charge is 0.450 e. The second kappa shape index (κ2) is 11.4. The average molecular weight is 686 g/mol. The molecule has 2 heterocycles. The van der Waals surface area contributed by atoms with Gasteiger partial charge in [0, 0.05) is 37.9 Å². The fourth-order valence-electron chi connectivity index (χ4n) is 11.3. The van der Waals surface area contributed by atoms with E-state index in [1.807, 2.05) is 36.6 Å². The second-order valence-corrected chi connectivity index (χ2v) is 17.9. The zero-order chi connectivity index (χ0) is 33.5. The molecule has 0 aliphatic heterocycles. The van der Waals surface area contributed by atoms with Crippen LogP contribution in [0.5, 0.6) is 0 Å². The maximum absolute atomic E-state index is 15.0. The topological polar surface area (TPSA) is 87.1 Å².